The van der Waals surface area contributed by atoms with Gasteiger partial charge in [0.2, 0.25) is 15.8 Å². The van der Waals surface area contributed by atoms with Crippen molar-refractivity contribution in [3.63, 3.8) is 0 Å². The van der Waals surface area contributed by atoms with Crippen LogP contribution >= 0.6 is 11.6 Å². The third kappa shape index (κ3) is 4.16. The van der Waals surface area contributed by atoms with Crippen molar-refractivity contribution in [2.75, 3.05) is 0 Å². The molecule has 0 amide bonds. The van der Waals surface area contributed by atoms with Crippen molar-refractivity contribution in [2.45, 2.75) is 18.6 Å². The van der Waals surface area contributed by atoms with Gasteiger partial charge in [-0.25, -0.2) is 13.6 Å². The molecule has 8 heteroatoms. The average Bonchev–Trinajstić information content (AvgIpc) is 2.93. The maximum Gasteiger partial charge on any atom is 0.216 e. The van der Waals surface area contributed by atoms with Crippen LogP contribution in [-0.2, 0) is 23.5 Å². The van der Waals surface area contributed by atoms with E-state index >= 15 is 0 Å². The van der Waals surface area contributed by atoms with Gasteiger partial charge >= 0.3 is 0 Å². The number of carbonyl (C=O) groups excluding carboxylic acids is 1. The standard InChI is InChI=1S/C20H20ClN3O3S/c1-13-10-17(11-18(28(22,26)27)15-4-3-9-23-12-15)24(2)19(13)20(25)14-5-7-16(21)8-6-14/h3-10,12,18H,11H2,1-2H3,(H2,22,26,27). The molecule has 0 radical (unpaired) electrons. The van der Waals surface area contributed by atoms with Gasteiger partial charge < -0.3 is 4.57 Å². The van der Waals surface area contributed by atoms with Gasteiger partial charge in [0.1, 0.15) is 5.25 Å². The minimum Gasteiger partial charge on any atom is -0.345 e. The van der Waals surface area contributed by atoms with E-state index in [0.717, 1.165) is 5.56 Å². The highest BCUT2D eigenvalue weighted by molar-refractivity contribution is 7.89. The molecule has 2 N–H and O–H groups in total. The van der Waals surface area contributed by atoms with E-state index in [1.807, 2.05) is 13.0 Å². The number of aryl methyl sites for hydroxylation is 1. The van der Waals surface area contributed by atoms with Gasteiger partial charge in [0, 0.05) is 42.1 Å². The van der Waals surface area contributed by atoms with Crippen LogP contribution in [0.3, 0.4) is 0 Å². The Kier molecular flexibility index (Phi) is 5.69. The number of halogens is 1. The van der Waals surface area contributed by atoms with E-state index in [1.54, 1.807) is 54.2 Å². The van der Waals surface area contributed by atoms with E-state index < -0.39 is 15.3 Å². The smallest absolute Gasteiger partial charge is 0.216 e. The number of sulfonamides is 1. The third-order valence-electron chi connectivity index (χ3n) is 4.69. The molecule has 0 aliphatic carbocycles. The van der Waals surface area contributed by atoms with E-state index in [1.165, 1.54) is 6.20 Å². The molecule has 6 nitrogen and oxygen atoms in total. The number of nitrogens with two attached hydrogens (primary N) is 1. The minimum atomic E-state index is -3.87. The number of hydrogen-bond donors (Lipinski definition) is 1. The highest BCUT2D eigenvalue weighted by Crippen LogP contribution is 2.27. The molecule has 0 fully saturated rings. The molecule has 2 aromatic heterocycles. The number of hydrogen-bond acceptors (Lipinski definition) is 4. The van der Waals surface area contributed by atoms with Crippen molar-refractivity contribution >= 4 is 27.4 Å². The lowest BCUT2D eigenvalue weighted by Crippen LogP contribution is -2.24. The Labute approximate surface area is 169 Å². The number of nitrogens with zero attached hydrogens (tertiary/aromatic N) is 2. The van der Waals surface area contributed by atoms with Crippen LogP contribution in [0.1, 0.15) is 38.1 Å². The van der Waals surface area contributed by atoms with Crippen LogP contribution in [-0.4, -0.2) is 23.8 Å². The molecule has 2 heterocycles. The van der Waals surface area contributed by atoms with Crippen molar-refractivity contribution in [3.8, 4) is 0 Å². The Bertz CT molecular complexity index is 1110. The molecule has 0 saturated heterocycles. The van der Waals surface area contributed by atoms with Crippen molar-refractivity contribution in [1.29, 1.82) is 0 Å². The Balaban J connectivity index is 1.99. The molecule has 0 aliphatic rings. The average molecular weight is 418 g/mol. The molecule has 1 atom stereocenters. The van der Waals surface area contributed by atoms with Crippen LogP contribution in [0.5, 0.6) is 0 Å². The Morgan fingerprint density at radius 1 is 1.25 bits per heavy atom. The van der Waals surface area contributed by atoms with Crippen LogP contribution in [0.4, 0.5) is 0 Å². The fourth-order valence-corrected chi connectivity index (χ4v) is 4.32. The first-order valence-corrected chi connectivity index (χ1v) is 10.5. The number of benzene rings is 1. The molecule has 3 rings (SSSR count). The van der Waals surface area contributed by atoms with Gasteiger partial charge in [-0.3, -0.25) is 9.78 Å². The molecular formula is C20H20ClN3O3S. The number of pyridine rings is 1. The van der Waals surface area contributed by atoms with Crippen molar-refractivity contribution in [1.82, 2.24) is 9.55 Å². The Morgan fingerprint density at radius 3 is 2.50 bits per heavy atom. The van der Waals surface area contributed by atoms with E-state index in [-0.39, 0.29) is 12.2 Å². The van der Waals surface area contributed by atoms with Crippen LogP contribution in [0.15, 0.2) is 54.9 Å². The minimum absolute atomic E-state index is 0.135. The molecule has 1 aromatic carbocycles. The number of primary sulfonamides is 1. The molecule has 0 spiro atoms. The van der Waals surface area contributed by atoms with E-state index in [4.69, 9.17) is 16.7 Å². The van der Waals surface area contributed by atoms with Gasteiger partial charge in [0.25, 0.3) is 0 Å². The lowest BCUT2D eigenvalue weighted by Gasteiger charge is -2.16. The second-order valence-electron chi connectivity index (χ2n) is 6.63. The molecule has 0 saturated carbocycles. The van der Waals surface area contributed by atoms with E-state index in [0.29, 0.717) is 27.5 Å². The Morgan fingerprint density at radius 2 is 1.93 bits per heavy atom. The summed E-state index contributed by atoms with van der Waals surface area (Å²) in [5, 5.41) is 5.07. The van der Waals surface area contributed by atoms with Gasteiger partial charge in [-0.05, 0) is 54.4 Å². The maximum absolute atomic E-state index is 12.9. The fourth-order valence-electron chi connectivity index (χ4n) is 3.27. The highest BCUT2D eigenvalue weighted by atomic mass is 35.5. The lowest BCUT2D eigenvalue weighted by atomic mass is 10.1. The normalized spacial score (nSPS) is 12.7. The first-order chi connectivity index (χ1) is 13.2. The molecule has 28 heavy (non-hydrogen) atoms. The number of rotatable bonds is 6. The van der Waals surface area contributed by atoms with Gasteiger partial charge in [-0.2, -0.15) is 0 Å². The summed E-state index contributed by atoms with van der Waals surface area (Å²) >= 11 is 5.90. The summed E-state index contributed by atoms with van der Waals surface area (Å²) in [6.07, 6.45) is 3.19. The second kappa shape index (κ2) is 7.87. The van der Waals surface area contributed by atoms with Gasteiger partial charge in [-0.15, -0.1) is 0 Å². The summed E-state index contributed by atoms with van der Waals surface area (Å²) in [4.78, 5) is 16.9. The zero-order valence-electron chi connectivity index (χ0n) is 15.5. The van der Waals surface area contributed by atoms with Crippen LogP contribution < -0.4 is 5.14 Å². The van der Waals surface area contributed by atoms with Crippen molar-refractivity contribution < 1.29 is 13.2 Å². The quantitative estimate of drug-likeness (QED) is 0.623. The fraction of sp³-hybridized carbons (Fsp3) is 0.200. The zero-order chi connectivity index (χ0) is 20.5. The molecular weight excluding hydrogens is 398 g/mol. The molecule has 146 valence electrons. The summed E-state index contributed by atoms with van der Waals surface area (Å²) in [5.41, 5.74) is 2.97. The number of aromatic nitrogens is 2. The lowest BCUT2D eigenvalue weighted by molar-refractivity contribution is 0.103. The van der Waals surface area contributed by atoms with Crippen LogP contribution in [0, 0.1) is 6.92 Å². The molecule has 3 aromatic rings. The number of carbonyl (C=O) groups is 1. The van der Waals surface area contributed by atoms with Gasteiger partial charge in [0.15, 0.2) is 0 Å². The predicted octanol–water partition coefficient (Wildman–Crippen LogP) is 3.19. The third-order valence-corrected chi connectivity index (χ3v) is 6.18. The largest absolute Gasteiger partial charge is 0.345 e. The summed E-state index contributed by atoms with van der Waals surface area (Å²) in [5.74, 6) is -0.156. The van der Waals surface area contributed by atoms with Crippen molar-refractivity contribution in [3.05, 3.63) is 88.0 Å². The Hall–Kier alpha value is -2.48. The van der Waals surface area contributed by atoms with Crippen LogP contribution in [0.2, 0.25) is 5.02 Å². The van der Waals surface area contributed by atoms with Crippen LogP contribution in [0.25, 0.3) is 0 Å². The topological polar surface area (TPSA) is 95.0 Å². The predicted molar refractivity (Wildman–Crippen MR) is 109 cm³/mol. The van der Waals surface area contributed by atoms with Crippen molar-refractivity contribution in [2.24, 2.45) is 12.2 Å². The molecule has 0 bridgehead atoms. The zero-order valence-corrected chi connectivity index (χ0v) is 17.0. The first kappa shape index (κ1) is 20.3. The monoisotopic (exact) mass is 417 g/mol. The summed E-state index contributed by atoms with van der Waals surface area (Å²) in [6, 6.07) is 11.8. The molecule has 1 unspecified atom stereocenters. The second-order valence-corrected chi connectivity index (χ2v) is 8.81. The maximum atomic E-state index is 12.9. The summed E-state index contributed by atoms with van der Waals surface area (Å²) < 4.78 is 26.1. The summed E-state index contributed by atoms with van der Waals surface area (Å²) in [7, 11) is -2.12. The summed E-state index contributed by atoms with van der Waals surface area (Å²) in [6.45, 7) is 1.82. The van der Waals surface area contributed by atoms with Gasteiger partial charge in [0.05, 0.1) is 5.69 Å². The molecule has 0 aliphatic heterocycles. The van der Waals surface area contributed by atoms with Gasteiger partial charge in [-0.1, -0.05) is 17.7 Å². The van der Waals surface area contributed by atoms with E-state index in [9.17, 15) is 13.2 Å². The number of ketones is 1. The SMILES string of the molecule is Cc1cc(CC(c2cccnc2)S(N)(=O)=O)n(C)c1C(=O)c1ccc(Cl)cc1. The van der Waals surface area contributed by atoms with E-state index in [2.05, 4.69) is 4.98 Å². The first-order valence-electron chi connectivity index (χ1n) is 8.55. The highest BCUT2D eigenvalue weighted by Gasteiger charge is 2.27.